The molecule has 4 N–H and O–H groups in total. The molecule has 0 atom stereocenters. The van der Waals surface area contributed by atoms with E-state index in [0.29, 0.717) is 30.8 Å². The Bertz CT molecular complexity index is 598. The van der Waals surface area contributed by atoms with Crippen molar-refractivity contribution >= 4 is 27.1 Å². The number of hydrogen-bond donors (Lipinski definition) is 2. The van der Waals surface area contributed by atoms with E-state index in [4.69, 9.17) is 11.5 Å². The van der Waals surface area contributed by atoms with Gasteiger partial charge in [-0.1, -0.05) is 0 Å². The van der Waals surface area contributed by atoms with E-state index in [9.17, 15) is 13.2 Å². The van der Waals surface area contributed by atoms with Crippen LogP contribution >= 0.6 is 0 Å². The van der Waals surface area contributed by atoms with Crippen molar-refractivity contribution in [2.24, 2.45) is 5.73 Å². The third kappa shape index (κ3) is 3.17. The topological polar surface area (TPSA) is 106 Å². The minimum absolute atomic E-state index is 0.129. The maximum absolute atomic E-state index is 11.6. The molecule has 0 aromatic heterocycles. The van der Waals surface area contributed by atoms with Crippen LogP contribution in [-0.4, -0.2) is 38.9 Å². The van der Waals surface area contributed by atoms with Gasteiger partial charge in [-0.3, -0.25) is 4.79 Å². The highest BCUT2D eigenvalue weighted by Gasteiger charge is 2.20. The molecule has 1 aromatic carbocycles. The molecule has 0 aliphatic carbocycles. The summed E-state index contributed by atoms with van der Waals surface area (Å²) in [5, 5.41) is 0. The number of benzene rings is 1. The van der Waals surface area contributed by atoms with Gasteiger partial charge in [-0.25, -0.2) is 8.42 Å². The lowest BCUT2D eigenvalue weighted by atomic mass is 10.1. The van der Waals surface area contributed by atoms with Crippen LogP contribution in [0.1, 0.15) is 16.8 Å². The first-order valence-electron chi connectivity index (χ1n) is 6.04. The van der Waals surface area contributed by atoms with Crippen molar-refractivity contribution in [3.05, 3.63) is 23.8 Å². The average molecular weight is 283 g/mol. The normalized spacial score (nSPS) is 18.8. The number of anilines is 2. The monoisotopic (exact) mass is 283 g/mol. The number of nitrogens with zero attached hydrogens (tertiary/aromatic N) is 1. The van der Waals surface area contributed by atoms with Crippen LogP contribution in [0.3, 0.4) is 0 Å². The lowest BCUT2D eigenvalue weighted by Gasteiger charge is -2.23. The highest BCUT2D eigenvalue weighted by molar-refractivity contribution is 7.91. The molecule has 0 spiro atoms. The van der Waals surface area contributed by atoms with Gasteiger partial charge in [-0.05, 0) is 24.6 Å². The Morgan fingerprint density at radius 3 is 2.58 bits per heavy atom. The highest BCUT2D eigenvalue weighted by atomic mass is 32.2. The number of primary amides is 1. The predicted octanol–water partition coefficient (Wildman–Crippen LogP) is -0.00740. The Balaban J connectivity index is 2.25. The molecule has 0 bridgehead atoms. The fraction of sp³-hybridized carbons (Fsp3) is 0.417. The summed E-state index contributed by atoms with van der Waals surface area (Å²) in [5.74, 6) is -0.191. The van der Waals surface area contributed by atoms with Crippen LogP contribution in [0.25, 0.3) is 0 Å². The Kier molecular flexibility index (Phi) is 3.66. The number of rotatable bonds is 2. The molecule has 19 heavy (non-hydrogen) atoms. The van der Waals surface area contributed by atoms with E-state index in [0.717, 1.165) is 5.69 Å². The zero-order chi connectivity index (χ0) is 14.0. The molecule has 1 saturated heterocycles. The Morgan fingerprint density at radius 2 is 1.95 bits per heavy atom. The second-order valence-corrected chi connectivity index (χ2v) is 6.93. The standard InChI is InChI=1S/C12H17N3O3S/c13-10-8-9(12(14)16)2-3-11(10)15-4-1-6-19(17,18)7-5-15/h2-3,8H,1,4-7,13H2,(H2,14,16). The third-order valence-corrected chi connectivity index (χ3v) is 4.92. The zero-order valence-corrected chi connectivity index (χ0v) is 11.3. The van der Waals surface area contributed by atoms with E-state index in [1.54, 1.807) is 12.1 Å². The summed E-state index contributed by atoms with van der Waals surface area (Å²) in [4.78, 5) is 13.0. The van der Waals surface area contributed by atoms with Gasteiger partial charge in [-0.15, -0.1) is 0 Å². The largest absolute Gasteiger partial charge is 0.397 e. The molecule has 104 valence electrons. The summed E-state index contributed by atoms with van der Waals surface area (Å²) in [6.45, 7) is 1.06. The van der Waals surface area contributed by atoms with Gasteiger partial charge in [0.1, 0.15) is 0 Å². The van der Waals surface area contributed by atoms with Crippen molar-refractivity contribution in [1.82, 2.24) is 0 Å². The van der Waals surface area contributed by atoms with Crippen LogP contribution in [0, 0.1) is 0 Å². The summed E-state index contributed by atoms with van der Waals surface area (Å²) in [6, 6.07) is 4.85. The van der Waals surface area contributed by atoms with E-state index < -0.39 is 15.7 Å². The van der Waals surface area contributed by atoms with Crippen LogP contribution in [0.5, 0.6) is 0 Å². The van der Waals surface area contributed by atoms with Gasteiger partial charge in [0, 0.05) is 18.7 Å². The molecule has 0 saturated carbocycles. The smallest absolute Gasteiger partial charge is 0.248 e. The van der Waals surface area contributed by atoms with E-state index in [1.165, 1.54) is 6.07 Å². The summed E-state index contributed by atoms with van der Waals surface area (Å²) in [6.07, 6.45) is 0.583. The molecule has 1 aromatic rings. The van der Waals surface area contributed by atoms with Gasteiger partial charge in [-0.2, -0.15) is 0 Å². The van der Waals surface area contributed by atoms with E-state index in [1.807, 2.05) is 4.90 Å². The second-order valence-electron chi connectivity index (χ2n) is 4.63. The van der Waals surface area contributed by atoms with Crippen molar-refractivity contribution in [1.29, 1.82) is 0 Å². The Hall–Kier alpha value is -1.76. The van der Waals surface area contributed by atoms with Gasteiger partial charge in [0.25, 0.3) is 0 Å². The van der Waals surface area contributed by atoms with Crippen molar-refractivity contribution in [3.63, 3.8) is 0 Å². The molecule has 1 amide bonds. The molecule has 1 aliphatic heterocycles. The molecule has 0 radical (unpaired) electrons. The molecular formula is C12H17N3O3S. The van der Waals surface area contributed by atoms with Crippen LogP contribution in [0.15, 0.2) is 18.2 Å². The van der Waals surface area contributed by atoms with E-state index in [2.05, 4.69) is 0 Å². The summed E-state index contributed by atoms with van der Waals surface area (Å²) < 4.78 is 23.1. The Morgan fingerprint density at radius 1 is 1.21 bits per heavy atom. The number of carbonyl (C=O) groups excluding carboxylic acids is 1. The maximum Gasteiger partial charge on any atom is 0.248 e. The van der Waals surface area contributed by atoms with Crippen molar-refractivity contribution < 1.29 is 13.2 Å². The highest BCUT2D eigenvalue weighted by Crippen LogP contribution is 2.25. The van der Waals surface area contributed by atoms with E-state index in [-0.39, 0.29) is 11.5 Å². The number of carbonyl (C=O) groups is 1. The average Bonchev–Trinajstić information content (AvgIpc) is 2.50. The second kappa shape index (κ2) is 5.08. The first-order chi connectivity index (χ1) is 8.89. The van der Waals surface area contributed by atoms with Gasteiger partial charge in [0.05, 0.1) is 22.9 Å². The molecular weight excluding hydrogens is 266 g/mol. The third-order valence-electron chi connectivity index (χ3n) is 3.21. The molecule has 6 nitrogen and oxygen atoms in total. The minimum Gasteiger partial charge on any atom is -0.397 e. The van der Waals surface area contributed by atoms with Crippen LogP contribution in [0.4, 0.5) is 11.4 Å². The molecule has 0 unspecified atom stereocenters. The van der Waals surface area contributed by atoms with Crippen LogP contribution in [0.2, 0.25) is 0 Å². The van der Waals surface area contributed by atoms with Gasteiger partial charge >= 0.3 is 0 Å². The fourth-order valence-corrected chi connectivity index (χ4v) is 3.45. The molecule has 2 rings (SSSR count). The summed E-state index contributed by atoms with van der Waals surface area (Å²) >= 11 is 0. The maximum atomic E-state index is 11.6. The van der Waals surface area contributed by atoms with Crippen LogP contribution < -0.4 is 16.4 Å². The van der Waals surface area contributed by atoms with Crippen molar-refractivity contribution in [2.75, 3.05) is 35.2 Å². The number of sulfone groups is 1. The van der Waals surface area contributed by atoms with Crippen molar-refractivity contribution in [2.45, 2.75) is 6.42 Å². The first-order valence-corrected chi connectivity index (χ1v) is 7.86. The lowest BCUT2D eigenvalue weighted by Crippen LogP contribution is -2.27. The van der Waals surface area contributed by atoms with Crippen molar-refractivity contribution in [3.8, 4) is 0 Å². The minimum atomic E-state index is -2.95. The van der Waals surface area contributed by atoms with Gasteiger partial charge < -0.3 is 16.4 Å². The van der Waals surface area contributed by atoms with Gasteiger partial charge in [0.2, 0.25) is 5.91 Å². The van der Waals surface area contributed by atoms with E-state index >= 15 is 0 Å². The molecule has 1 aliphatic rings. The number of amides is 1. The number of nitrogen functional groups attached to an aromatic ring is 1. The SMILES string of the molecule is NC(=O)c1ccc(N2CCCS(=O)(=O)CC2)c(N)c1. The molecule has 7 heteroatoms. The fourth-order valence-electron chi connectivity index (χ4n) is 2.18. The summed E-state index contributed by atoms with van der Waals surface area (Å²) in [7, 11) is -2.95. The first kappa shape index (κ1) is 13.7. The summed E-state index contributed by atoms with van der Waals surface area (Å²) in [5.41, 5.74) is 12.6. The zero-order valence-electron chi connectivity index (χ0n) is 10.5. The quantitative estimate of drug-likeness (QED) is 0.743. The molecule has 1 heterocycles. The number of hydrogen-bond acceptors (Lipinski definition) is 5. The number of nitrogens with two attached hydrogens (primary N) is 2. The Labute approximate surface area is 112 Å². The van der Waals surface area contributed by atoms with Crippen LogP contribution in [-0.2, 0) is 9.84 Å². The predicted molar refractivity (Wildman–Crippen MR) is 74.9 cm³/mol. The lowest BCUT2D eigenvalue weighted by molar-refractivity contribution is 0.100. The van der Waals surface area contributed by atoms with Gasteiger partial charge in [0.15, 0.2) is 9.84 Å². The molecule has 1 fully saturated rings.